The first kappa shape index (κ1) is 16.4. The van der Waals surface area contributed by atoms with Crippen LogP contribution in [0.4, 0.5) is 0 Å². The van der Waals surface area contributed by atoms with Crippen LogP contribution in [0.3, 0.4) is 0 Å². The van der Waals surface area contributed by atoms with Gasteiger partial charge in [-0.3, -0.25) is 0 Å². The topological polar surface area (TPSA) is 65.1 Å². The summed E-state index contributed by atoms with van der Waals surface area (Å²) >= 11 is 0. The maximum Gasteiger partial charge on any atom is 0.243 e. The predicted molar refractivity (Wildman–Crippen MR) is 91.2 cm³/mol. The smallest absolute Gasteiger partial charge is 0.243 e. The first-order valence-corrected chi connectivity index (χ1v) is 9.62. The number of fused-ring (bicyclic) bond motifs is 1. The van der Waals surface area contributed by atoms with Crippen LogP contribution in [-0.4, -0.2) is 45.3 Å². The highest BCUT2D eigenvalue weighted by molar-refractivity contribution is 7.89. The van der Waals surface area contributed by atoms with E-state index in [1.165, 1.54) is 6.07 Å². The molecule has 1 atom stereocenters. The van der Waals surface area contributed by atoms with Gasteiger partial charge in [0.25, 0.3) is 0 Å². The third kappa shape index (κ3) is 3.22. The second-order valence-corrected chi connectivity index (χ2v) is 7.94. The Morgan fingerprint density at radius 3 is 2.68 bits per heavy atom. The van der Waals surface area contributed by atoms with Crippen molar-refractivity contribution in [2.24, 2.45) is 0 Å². The van der Waals surface area contributed by atoms with E-state index in [1.54, 1.807) is 16.4 Å². The minimum absolute atomic E-state index is 0.118. The molecule has 6 nitrogen and oxygen atoms in total. The Morgan fingerprint density at radius 2 is 1.84 bits per heavy atom. The molecule has 2 heterocycles. The highest BCUT2D eigenvalue weighted by atomic mass is 32.2. The quantitative estimate of drug-likeness (QED) is 0.834. The van der Waals surface area contributed by atoms with Crippen LogP contribution >= 0.6 is 0 Å². The molecule has 2 aromatic carbocycles. The van der Waals surface area contributed by atoms with Gasteiger partial charge in [-0.2, -0.15) is 4.31 Å². The summed E-state index contributed by atoms with van der Waals surface area (Å²) in [6.45, 7) is 1.25. The number of rotatable bonds is 4. The van der Waals surface area contributed by atoms with Gasteiger partial charge >= 0.3 is 0 Å². The number of morpholine rings is 1. The van der Waals surface area contributed by atoms with E-state index >= 15 is 0 Å². The summed E-state index contributed by atoms with van der Waals surface area (Å²) in [5.74, 6) is 1.04. The maximum atomic E-state index is 13.2. The first-order chi connectivity index (χ1) is 12.1. The Hall–Kier alpha value is -2.09. The van der Waals surface area contributed by atoms with Crippen LogP contribution in [0.5, 0.6) is 11.5 Å². The summed E-state index contributed by atoms with van der Waals surface area (Å²) in [6.07, 6.45) is 0.616. The molecule has 0 saturated carbocycles. The van der Waals surface area contributed by atoms with Crippen LogP contribution in [-0.2, 0) is 21.2 Å². The Labute approximate surface area is 147 Å². The SMILES string of the molecule is O=S(=O)(c1ccc2c(c1)OCO2)N1CCOC[C@@H]1Cc1ccccc1. The molecule has 1 fully saturated rings. The van der Waals surface area contributed by atoms with E-state index in [-0.39, 0.29) is 17.7 Å². The predicted octanol–water partition coefficient (Wildman–Crippen LogP) is 2.05. The lowest BCUT2D eigenvalue weighted by Crippen LogP contribution is -2.49. The lowest BCUT2D eigenvalue weighted by Gasteiger charge is -2.34. The normalized spacial score (nSPS) is 20.6. The molecular formula is C18H19NO5S. The van der Waals surface area contributed by atoms with Crippen LogP contribution in [0.25, 0.3) is 0 Å². The number of hydrogen-bond donors (Lipinski definition) is 0. The number of hydrogen-bond acceptors (Lipinski definition) is 5. The van der Waals surface area contributed by atoms with E-state index < -0.39 is 10.0 Å². The number of nitrogens with zero attached hydrogens (tertiary/aromatic N) is 1. The van der Waals surface area contributed by atoms with Crippen molar-refractivity contribution in [3.05, 3.63) is 54.1 Å². The zero-order chi connectivity index (χ0) is 17.3. The standard InChI is InChI=1S/C18H19NO5S/c20-25(21,16-6-7-17-18(11-16)24-13-23-17)19-8-9-22-12-15(19)10-14-4-2-1-3-5-14/h1-7,11,15H,8-10,12-13H2/t15-/m0/s1. The summed E-state index contributed by atoms with van der Waals surface area (Å²) in [6, 6.07) is 14.4. The van der Waals surface area contributed by atoms with Gasteiger partial charge in [-0.05, 0) is 24.1 Å². The van der Waals surface area contributed by atoms with Crippen LogP contribution in [0.15, 0.2) is 53.4 Å². The first-order valence-electron chi connectivity index (χ1n) is 8.18. The van der Waals surface area contributed by atoms with Crippen LogP contribution in [0.1, 0.15) is 5.56 Å². The van der Waals surface area contributed by atoms with Gasteiger partial charge in [0, 0.05) is 12.6 Å². The third-order valence-corrected chi connectivity index (χ3v) is 6.39. The molecule has 0 aliphatic carbocycles. The zero-order valence-electron chi connectivity index (χ0n) is 13.6. The number of ether oxygens (including phenoxy) is 3. The highest BCUT2D eigenvalue weighted by Crippen LogP contribution is 2.35. The van der Waals surface area contributed by atoms with Crippen molar-refractivity contribution in [3.63, 3.8) is 0 Å². The minimum atomic E-state index is -3.64. The van der Waals surface area contributed by atoms with E-state index in [0.717, 1.165) is 5.56 Å². The zero-order valence-corrected chi connectivity index (χ0v) is 14.4. The van der Waals surface area contributed by atoms with Gasteiger partial charge in [-0.25, -0.2) is 8.42 Å². The molecule has 7 heteroatoms. The van der Waals surface area contributed by atoms with E-state index in [0.29, 0.717) is 37.7 Å². The van der Waals surface area contributed by atoms with E-state index in [4.69, 9.17) is 14.2 Å². The van der Waals surface area contributed by atoms with Crippen molar-refractivity contribution in [1.29, 1.82) is 0 Å². The Morgan fingerprint density at radius 1 is 1.04 bits per heavy atom. The Kier molecular flexibility index (Phi) is 4.37. The Bertz CT molecular complexity index is 853. The van der Waals surface area contributed by atoms with Gasteiger partial charge in [0.1, 0.15) is 0 Å². The second kappa shape index (κ2) is 6.67. The van der Waals surface area contributed by atoms with Crippen LogP contribution in [0, 0.1) is 0 Å². The summed E-state index contributed by atoms with van der Waals surface area (Å²) < 4.78 is 44.0. The minimum Gasteiger partial charge on any atom is -0.454 e. The van der Waals surface area contributed by atoms with Gasteiger partial charge in [-0.1, -0.05) is 30.3 Å². The van der Waals surface area contributed by atoms with Crippen LogP contribution in [0.2, 0.25) is 0 Å². The molecule has 0 radical (unpaired) electrons. The average molecular weight is 361 g/mol. The lowest BCUT2D eigenvalue weighted by atomic mass is 10.1. The average Bonchev–Trinajstić information content (AvgIpc) is 3.11. The molecule has 0 spiro atoms. The summed E-state index contributed by atoms with van der Waals surface area (Å²) in [5, 5.41) is 0. The molecule has 4 rings (SSSR count). The van der Waals surface area contributed by atoms with Gasteiger partial charge in [0.05, 0.1) is 24.2 Å². The fourth-order valence-corrected chi connectivity index (χ4v) is 4.79. The van der Waals surface area contributed by atoms with Crippen molar-refractivity contribution in [1.82, 2.24) is 4.31 Å². The summed E-state index contributed by atoms with van der Waals surface area (Å²) in [7, 11) is -3.64. The summed E-state index contributed by atoms with van der Waals surface area (Å²) in [5.41, 5.74) is 1.09. The highest BCUT2D eigenvalue weighted by Gasteiger charge is 2.35. The molecule has 25 heavy (non-hydrogen) atoms. The molecule has 2 aliphatic heterocycles. The fraction of sp³-hybridized carbons (Fsp3) is 0.333. The van der Waals surface area contributed by atoms with Crippen molar-refractivity contribution < 1.29 is 22.6 Å². The number of sulfonamides is 1. The molecule has 0 bridgehead atoms. The van der Waals surface area contributed by atoms with Crippen molar-refractivity contribution in [2.75, 3.05) is 26.6 Å². The van der Waals surface area contributed by atoms with Crippen LogP contribution < -0.4 is 9.47 Å². The van der Waals surface area contributed by atoms with E-state index in [9.17, 15) is 8.42 Å². The molecule has 0 amide bonds. The van der Waals surface area contributed by atoms with Crippen molar-refractivity contribution in [2.45, 2.75) is 17.4 Å². The maximum absolute atomic E-state index is 13.2. The Balaban J connectivity index is 1.62. The molecule has 0 N–H and O–H groups in total. The summed E-state index contributed by atoms with van der Waals surface area (Å²) in [4.78, 5) is 0.219. The van der Waals surface area contributed by atoms with Crippen molar-refractivity contribution in [3.8, 4) is 11.5 Å². The molecular weight excluding hydrogens is 342 g/mol. The van der Waals surface area contributed by atoms with E-state index in [2.05, 4.69) is 0 Å². The molecule has 1 saturated heterocycles. The molecule has 0 aromatic heterocycles. The monoisotopic (exact) mass is 361 g/mol. The van der Waals surface area contributed by atoms with Gasteiger partial charge in [0.2, 0.25) is 16.8 Å². The third-order valence-electron chi connectivity index (χ3n) is 4.44. The molecule has 2 aromatic rings. The van der Waals surface area contributed by atoms with Gasteiger partial charge < -0.3 is 14.2 Å². The second-order valence-electron chi connectivity index (χ2n) is 6.05. The number of benzene rings is 2. The van der Waals surface area contributed by atoms with E-state index in [1.807, 2.05) is 30.3 Å². The van der Waals surface area contributed by atoms with Gasteiger partial charge in [0.15, 0.2) is 11.5 Å². The molecule has 132 valence electrons. The van der Waals surface area contributed by atoms with Crippen molar-refractivity contribution >= 4 is 10.0 Å². The lowest BCUT2D eigenvalue weighted by molar-refractivity contribution is 0.0328. The van der Waals surface area contributed by atoms with Gasteiger partial charge in [-0.15, -0.1) is 0 Å². The molecule has 0 unspecified atom stereocenters. The molecule has 2 aliphatic rings. The fourth-order valence-electron chi connectivity index (χ4n) is 3.18. The largest absolute Gasteiger partial charge is 0.454 e.